The van der Waals surface area contributed by atoms with Crippen molar-refractivity contribution in [1.29, 1.82) is 0 Å². The van der Waals surface area contributed by atoms with Gasteiger partial charge in [-0.1, -0.05) is 0 Å². The molecule has 2 aliphatic rings. The van der Waals surface area contributed by atoms with Crippen LogP contribution in [-0.2, 0) is 0 Å². The highest BCUT2D eigenvalue weighted by molar-refractivity contribution is 5.98. The van der Waals surface area contributed by atoms with E-state index < -0.39 is 28.9 Å². The van der Waals surface area contributed by atoms with Crippen LogP contribution >= 0.6 is 0 Å². The molecule has 2 aliphatic heterocycles. The van der Waals surface area contributed by atoms with E-state index in [1.807, 2.05) is 0 Å². The first kappa shape index (κ1) is 14.6. The Kier molecular flexibility index (Phi) is 3.59. The maximum atomic E-state index is 13.9. The maximum absolute atomic E-state index is 13.9. The minimum absolute atomic E-state index is 0.0888. The molecular weight excluding hydrogens is 296 g/mol. The van der Waals surface area contributed by atoms with Gasteiger partial charge >= 0.3 is 6.03 Å². The number of carbonyl (C=O) groups is 2. The number of rotatable bonds is 3. The van der Waals surface area contributed by atoms with Crippen molar-refractivity contribution < 1.29 is 23.1 Å². The third-order valence-electron chi connectivity index (χ3n) is 3.96. The summed E-state index contributed by atoms with van der Waals surface area (Å²) in [6.07, 6.45) is 0. The number of halogens is 2. The molecule has 118 valence electrons. The van der Waals surface area contributed by atoms with Gasteiger partial charge in [-0.3, -0.25) is 4.79 Å². The summed E-state index contributed by atoms with van der Waals surface area (Å²) in [6, 6.07) is 1.56. The molecule has 1 N–H and O–H groups in total. The van der Waals surface area contributed by atoms with Gasteiger partial charge in [0.1, 0.15) is 11.4 Å². The monoisotopic (exact) mass is 311 g/mol. The minimum atomic E-state index is -0.828. The number of amides is 3. The molecule has 0 aliphatic carbocycles. The molecule has 0 radical (unpaired) electrons. The van der Waals surface area contributed by atoms with Crippen molar-refractivity contribution in [1.82, 2.24) is 15.1 Å². The molecule has 0 spiro atoms. The van der Waals surface area contributed by atoms with Crippen molar-refractivity contribution >= 4 is 11.9 Å². The number of ether oxygens (including phenoxy) is 1. The van der Waals surface area contributed by atoms with Crippen molar-refractivity contribution in [2.75, 3.05) is 33.3 Å². The number of hydrogen-bond acceptors (Lipinski definition) is 3. The van der Waals surface area contributed by atoms with E-state index in [1.165, 1.54) is 12.0 Å². The third-order valence-corrected chi connectivity index (χ3v) is 3.96. The Hall–Kier alpha value is -2.38. The van der Waals surface area contributed by atoms with E-state index >= 15 is 0 Å². The number of benzene rings is 1. The van der Waals surface area contributed by atoms with Crippen molar-refractivity contribution in [3.8, 4) is 5.75 Å². The first-order valence-corrected chi connectivity index (χ1v) is 6.88. The van der Waals surface area contributed by atoms with E-state index in [-0.39, 0.29) is 12.1 Å². The van der Waals surface area contributed by atoms with Gasteiger partial charge in [0.15, 0.2) is 11.6 Å². The van der Waals surface area contributed by atoms with Gasteiger partial charge in [-0.2, -0.15) is 0 Å². The molecule has 0 aromatic heterocycles. The molecule has 3 rings (SSSR count). The van der Waals surface area contributed by atoms with Crippen molar-refractivity contribution in [3.63, 3.8) is 0 Å². The molecule has 1 aromatic carbocycles. The van der Waals surface area contributed by atoms with Gasteiger partial charge in [0.05, 0.1) is 13.2 Å². The van der Waals surface area contributed by atoms with Gasteiger partial charge in [0, 0.05) is 26.2 Å². The van der Waals surface area contributed by atoms with Crippen LogP contribution in [0.5, 0.6) is 5.75 Å². The Balaban J connectivity index is 1.74. The topological polar surface area (TPSA) is 61.9 Å². The van der Waals surface area contributed by atoms with E-state index in [0.29, 0.717) is 26.2 Å². The molecule has 0 atom stereocenters. The highest BCUT2D eigenvalue weighted by Gasteiger charge is 2.40. The van der Waals surface area contributed by atoms with Gasteiger partial charge in [0.25, 0.3) is 5.91 Å². The number of nitrogens with zero attached hydrogens (tertiary/aromatic N) is 2. The number of carbonyl (C=O) groups excluding carboxylic acids is 2. The van der Waals surface area contributed by atoms with Crippen molar-refractivity contribution in [2.45, 2.75) is 6.04 Å². The Morgan fingerprint density at radius 2 is 2.00 bits per heavy atom. The molecule has 2 heterocycles. The van der Waals surface area contributed by atoms with E-state index in [0.717, 1.165) is 12.1 Å². The number of nitrogens with one attached hydrogen (secondary N) is 1. The predicted octanol–water partition coefficient (Wildman–Crippen LogP) is 0.823. The van der Waals surface area contributed by atoms with Crippen LogP contribution in [0.1, 0.15) is 10.4 Å². The van der Waals surface area contributed by atoms with Gasteiger partial charge in [-0.05, 0) is 12.1 Å². The normalized spacial score (nSPS) is 18.2. The van der Waals surface area contributed by atoms with Crippen LogP contribution in [0.2, 0.25) is 0 Å². The molecule has 0 bridgehead atoms. The van der Waals surface area contributed by atoms with Crippen molar-refractivity contribution in [2.24, 2.45) is 0 Å². The second-order valence-corrected chi connectivity index (χ2v) is 5.23. The van der Waals surface area contributed by atoms with Crippen LogP contribution in [0.25, 0.3) is 0 Å². The second-order valence-electron chi connectivity index (χ2n) is 5.23. The molecular formula is C14H15F2N3O3. The maximum Gasteiger partial charge on any atom is 0.317 e. The molecule has 2 fully saturated rings. The van der Waals surface area contributed by atoms with Crippen LogP contribution in [-0.4, -0.2) is 61.1 Å². The average Bonchev–Trinajstić information content (AvgIpc) is 2.85. The SMILES string of the molecule is COc1c(F)ccc(F)c1C(=O)N1CC(N2CCNC2=O)C1. The lowest BCUT2D eigenvalue weighted by Gasteiger charge is -2.43. The number of methoxy groups -OCH3 is 1. The van der Waals surface area contributed by atoms with Crippen LogP contribution in [0, 0.1) is 11.6 Å². The Labute approximate surface area is 125 Å². The number of hydrogen-bond donors (Lipinski definition) is 1. The standard InChI is InChI=1S/C14H15F2N3O3/c1-22-12-10(16)3-2-9(15)11(12)13(20)18-6-8(7-18)19-5-4-17-14(19)21/h2-3,8H,4-7H2,1H3,(H,17,21). The first-order valence-electron chi connectivity index (χ1n) is 6.88. The lowest BCUT2D eigenvalue weighted by molar-refractivity contribution is 0.0398. The molecule has 2 saturated heterocycles. The summed E-state index contributed by atoms with van der Waals surface area (Å²) in [6.45, 7) is 1.76. The van der Waals surface area contributed by atoms with E-state index in [4.69, 9.17) is 4.74 Å². The lowest BCUT2D eigenvalue weighted by Crippen LogP contribution is -2.61. The Morgan fingerprint density at radius 1 is 1.32 bits per heavy atom. The summed E-state index contributed by atoms with van der Waals surface area (Å²) >= 11 is 0. The van der Waals surface area contributed by atoms with Gasteiger partial charge in [-0.15, -0.1) is 0 Å². The quantitative estimate of drug-likeness (QED) is 0.899. The zero-order chi connectivity index (χ0) is 15.9. The zero-order valence-electron chi connectivity index (χ0n) is 11.9. The summed E-state index contributed by atoms with van der Waals surface area (Å²) in [7, 11) is 1.18. The molecule has 22 heavy (non-hydrogen) atoms. The number of likely N-dealkylation sites (tertiary alicyclic amines) is 1. The minimum Gasteiger partial charge on any atom is -0.493 e. The summed E-state index contributed by atoms with van der Waals surface area (Å²) < 4.78 is 32.3. The van der Waals surface area contributed by atoms with Crippen LogP contribution in [0.15, 0.2) is 12.1 Å². The van der Waals surface area contributed by atoms with Gasteiger partial charge in [0.2, 0.25) is 0 Å². The summed E-state index contributed by atoms with van der Waals surface area (Å²) in [5.74, 6) is -2.65. The second kappa shape index (κ2) is 5.43. The predicted molar refractivity (Wildman–Crippen MR) is 72.7 cm³/mol. The van der Waals surface area contributed by atoms with E-state index in [2.05, 4.69) is 5.32 Å². The largest absolute Gasteiger partial charge is 0.493 e. The van der Waals surface area contributed by atoms with Crippen LogP contribution in [0.3, 0.4) is 0 Å². The summed E-state index contributed by atoms with van der Waals surface area (Å²) in [4.78, 5) is 26.9. The van der Waals surface area contributed by atoms with E-state index in [1.54, 1.807) is 4.90 Å². The van der Waals surface area contributed by atoms with E-state index in [9.17, 15) is 18.4 Å². The first-order chi connectivity index (χ1) is 10.5. The van der Waals surface area contributed by atoms with Gasteiger partial charge < -0.3 is 19.9 Å². The highest BCUT2D eigenvalue weighted by Crippen LogP contribution is 2.29. The number of urea groups is 1. The molecule has 3 amide bonds. The zero-order valence-corrected chi connectivity index (χ0v) is 11.9. The molecule has 6 nitrogen and oxygen atoms in total. The average molecular weight is 311 g/mol. The van der Waals surface area contributed by atoms with Crippen LogP contribution in [0.4, 0.5) is 13.6 Å². The summed E-state index contributed by atoms with van der Waals surface area (Å²) in [5.41, 5.74) is -0.410. The summed E-state index contributed by atoms with van der Waals surface area (Å²) in [5, 5.41) is 2.68. The lowest BCUT2D eigenvalue weighted by atomic mass is 10.0. The molecule has 0 saturated carbocycles. The molecule has 8 heteroatoms. The Bertz CT molecular complexity index is 632. The fourth-order valence-corrected chi connectivity index (χ4v) is 2.74. The van der Waals surface area contributed by atoms with Crippen molar-refractivity contribution in [3.05, 3.63) is 29.3 Å². The highest BCUT2D eigenvalue weighted by atomic mass is 19.1. The molecule has 0 unspecified atom stereocenters. The smallest absolute Gasteiger partial charge is 0.317 e. The van der Waals surface area contributed by atoms with Crippen LogP contribution < -0.4 is 10.1 Å². The fourth-order valence-electron chi connectivity index (χ4n) is 2.74. The third kappa shape index (κ3) is 2.24. The Morgan fingerprint density at radius 3 is 2.59 bits per heavy atom. The van der Waals surface area contributed by atoms with Gasteiger partial charge in [-0.25, -0.2) is 13.6 Å². The molecule has 1 aromatic rings. The fraction of sp³-hybridized carbons (Fsp3) is 0.429.